The summed E-state index contributed by atoms with van der Waals surface area (Å²) in [6.07, 6.45) is 74.8. The molecule has 0 aromatic carbocycles. The highest BCUT2D eigenvalue weighted by molar-refractivity contribution is 7.47. The number of allylic oxidation sites excluding steroid dienone is 19. The highest BCUT2D eigenvalue weighted by Crippen LogP contribution is 2.43. The van der Waals surface area contributed by atoms with Crippen molar-refractivity contribution in [2.24, 2.45) is 0 Å². The third-order valence-corrected chi connectivity index (χ3v) is 13.4. The topological polar surface area (TPSA) is 111 Å². The summed E-state index contributed by atoms with van der Waals surface area (Å²) in [6.45, 7) is 6.72. The number of amides is 1. The second-order valence-corrected chi connectivity index (χ2v) is 22.2. The molecular formula is C65H112N2O7P+. The van der Waals surface area contributed by atoms with Gasteiger partial charge in [0.1, 0.15) is 19.3 Å². The fourth-order valence-corrected chi connectivity index (χ4v) is 8.57. The van der Waals surface area contributed by atoms with Crippen LogP contribution in [0.2, 0.25) is 0 Å². The van der Waals surface area contributed by atoms with Gasteiger partial charge in [0.15, 0.2) is 0 Å². The van der Waals surface area contributed by atoms with Gasteiger partial charge in [0, 0.05) is 12.8 Å². The van der Waals surface area contributed by atoms with Crippen molar-refractivity contribution in [2.45, 2.75) is 238 Å². The number of nitrogens with zero attached hydrogens (tertiary/aromatic N) is 1. The van der Waals surface area contributed by atoms with Crippen LogP contribution in [0, 0.1) is 0 Å². The Hall–Kier alpha value is -3.59. The largest absolute Gasteiger partial charge is 0.472 e. The monoisotopic (exact) mass is 1060 g/mol. The summed E-state index contributed by atoms with van der Waals surface area (Å²) in [5.41, 5.74) is 0. The van der Waals surface area contributed by atoms with Crippen LogP contribution in [0.5, 0.6) is 0 Å². The van der Waals surface area contributed by atoms with Crippen molar-refractivity contribution in [1.29, 1.82) is 0 Å². The molecule has 0 spiro atoms. The van der Waals surface area contributed by atoms with E-state index in [4.69, 9.17) is 13.8 Å². The molecular weight excluding hydrogens is 952 g/mol. The Morgan fingerprint density at radius 3 is 1.29 bits per heavy atom. The first-order valence-electron chi connectivity index (χ1n) is 29.9. The number of ether oxygens (including phenoxy) is 1. The number of nitrogens with one attached hydrogen (secondary N) is 1. The van der Waals surface area contributed by atoms with Gasteiger partial charge in [-0.1, -0.05) is 220 Å². The Balaban J connectivity index is 5.41. The molecule has 0 heterocycles. The van der Waals surface area contributed by atoms with Crippen LogP contribution in [0.4, 0.5) is 0 Å². The van der Waals surface area contributed by atoms with Gasteiger partial charge in [-0.2, -0.15) is 0 Å². The lowest BCUT2D eigenvalue weighted by Gasteiger charge is -2.27. The Bertz CT molecular complexity index is 1700. The average Bonchev–Trinajstić information content (AvgIpc) is 3.37. The molecule has 9 nitrogen and oxygen atoms in total. The lowest BCUT2D eigenvalue weighted by atomic mass is 10.0. The molecule has 0 fully saturated rings. The van der Waals surface area contributed by atoms with Crippen molar-refractivity contribution in [2.75, 3.05) is 40.9 Å². The first-order chi connectivity index (χ1) is 36.4. The summed E-state index contributed by atoms with van der Waals surface area (Å²) in [6, 6.07) is -0.881. The molecule has 3 unspecified atom stereocenters. The van der Waals surface area contributed by atoms with Crippen molar-refractivity contribution in [3.8, 4) is 0 Å². The maximum Gasteiger partial charge on any atom is 0.472 e. The molecule has 0 aromatic rings. The number of rotatable bonds is 52. The maximum absolute atomic E-state index is 13.5. The van der Waals surface area contributed by atoms with Crippen molar-refractivity contribution in [3.05, 3.63) is 122 Å². The van der Waals surface area contributed by atoms with E-state index in [1.165, 1.54) is 51.4 Å². The number of likely N-dealkylation sites (N-methyl/N-ethyl adjacent to an activating group) is 1. The number of carbonyl (C=O) groups excluding carboxylic acids is 2. The molecule has 0 aliphatic carbocycles. The molecule has 0 radical (unpaired) electrons. The van der Waals surface area contributed by atoms with E-state index in [0.29, 0.717) is 23.9 Å². The van der Waals surface area contributed by atoms with Gasteiger partial charge in [-0.05, 0) is 115 Å². The van der Waals surface area contributed by atoms with Gasteiger partial charge < -0.3 is 19.4 Å². The Morgan fingerprint density at radius 1 is 0.480 bits per heavy atom. The van der Waals surface area contributed by atoms with Crippen LogP contribution in [-0.2, 0) is 27.9 Å². The molecule has 0 aliphatic heterocycles. The smallest absolute Gasteiger partial charge is 0.456 e. The van der Waals surface area contributed by atoms with Crippen LogP contribution in [0.1, 0.15) is 226 Å². The van der Waals surface area contributed by atoms with Crippen LogP contribution in [0.15, 0.2) is 122 Å². The molecule has 10 heteroatoms. The third kappa shape index (κ3) is 55.0. The molecule has 0 saturated heterocycles. The van der Waals surface area contributed by atoms with Crippen molar-refractivity contribution in [3.63, 3.8) is 0 Å². The molecule has 2 N–H and O–H groups in total. The summed E-state index contributed by atoms with van der Waals surface area (Å²) in [5.74, 6) is -0.580. The number of phosphoric acid groups is 1. The first kappa shape index (κ1) is 71.4. The Kier molecular flexibility index (Phi) is 51.2. The van der Waals surface area contributed by atoms with E-state index in [1.807, 2.05) is 33.3 Å². The summed E-state index contributed by atoms with van der Waals surface area (Å²) < 4.78 is 30.6. The van der Waals surface area contributed by atoms with Gasteiger partial charge in [-0.15, -0.1) is 0 Å². The van der Waals surface area contributed by atoms with Crippen LogP contribution < -0.4 is 5.32 Å². The number of hydrogen-bond donors (Lipinski definition) is 2. The van der Waals surface area contributed by atoms with Gasteiger partial charge >= 0.3 is 13.8 Å². The first-order valence-corrected chi connectivity index (χ1v) is 31.4. The van der Waals surface area contributed by atoms with Gasteiger partial charge in [0.05, 0.1) is 33.8 Å². The summed E-state index contributed by atoms with van der Waals surface area (Å²) in [5, 5.41) is 3.03. The summed E-state index contributed by atoms with van der Waals surface area (Å²) in [7, 11) is 1.44. The maximum atomic E-state index is 13.5. The predicted octanol–water partition coefficient (Wildman–Crippen LogP) is 18.3. The third-order valence-electron chi connectivity index (χ3n) is 12.4. The van der Waals surface area contributed by atoms with E-state index < -0.39 is 20.0 Å². The highest BCUT2D eigenvalue weighted by atomic mass is 31.2. The number of phosphoric ester groups is 1. The van der Waals surface area contributed by atoms with E-state index in [1.54, 1.807) is 0 Å². The van der Waals surface area contributed by atoms with Crippen molar-refractivity contribution < 1.29 is 37.3 Å². The van der Waals surface area contributed by atoms with Crippen molar-refractivity contribution in [1.82, 2.24) is 5.32 Å². The SMILES string of the molecule is CC/C=C\C/C=C\C/C=C\C/C=C\C/C=C\C/C=C\CCCCC(=O)OC(/C=C/CCCCCCCCCCCC)C(COP(=O)(O)OCC[N+](C)(C)C)NC(=O)CCCCCCCC/C=C/C/C=C/C/C=C/CC. The second kappa shape index (κ2) is 53.8. The average molecular weight is 1060 g/mol. The van der Waals surface area contributed by atoms with Crippen LogP contribution >= 0.6 is 7.82 Å². The number of esters is 1. The van der Waals surface area contributed by atoms with E-state index in [0.717, 1.165) is 135 Å². The fraction of sp³-hybridized carbons (Fsp3) is 0.662. The van der Waals surface area contributed by atoms with E-state index in [9.17, 15) is 19.0 Å². The molecule has 75 heavy (non-hydrogen) atoms. The lowest BCUT2D eigenvalue weighted by Crippen LogP contribution is -2.47. The van der Waals surface area contributed by atoms with E-state index in [-0.39, 0.29) is 31.5 Å². The quantitative estimate of drug-likeness (QED) is 0.0205. The fourth-order valence-electron chi connectivity index (χ4n) is 7.84. The van der Waals surface area contributed by atoms with Crippen molar-refractivity contribution >= 4 is 19.7 Å². The van der Waals surface area contributed by atoms with Gasteiger partial charge in [-0.3, -0.25) is 18.6 Å². The zero-order valence-corrected chi connectivity index (χ0v) is 49.6. The zero-order valence-electron chi connectivity index (χ0n) is 48.7. The normalized spacial score (nSPS) is 14.6. The molecule has 0 aromatic heterocycles. The summed E-state index contributed by atoms with van der Waals surface area (Å²) >= 11 is 0. The zero-order chi connectivity index (χ0) is 55.0. The summed E-state index contributed by atoms with van der Waals surface area (Å²) in [4.78, 5) is 37.6. The van der Waals surface area contributed by atoms with Gasteiger partial charge in [-0.25, -0.2) is 4.57 Å². The molecule has 0 saturated carbocycles. The minimum atomic E-state index is -4.47. The van der Waals surface area contributed by atoms with Gasteiger partial charge in [0.25, 0.3) is 0 Å². The Labute approximate surface area is 461 Å². The molecule has 428 valence electrons. The molecule has 1 amide bonds. The van der Waals surface area contributed by atoms with E-state index in [2.05, 4.69) is 135 Å². The molecule has 0 bridgehead atoms. The number of carbonyl (C=O) groups is 2. The minimum absolute atomic E-state index is 0.0236. The predicted molar refractivity (Wildman–Crippen MR) is 323 cm³/mol. The van der Waals surface area contributed by atoms with Crippen LogP contribution in [0.25, 0.3) is 0 Å². The second-order valence-electron chi connectivity index (χ2n) is 20.8. The molecule has 3 atom stereocenters. The molecule has 0 aliphatic rings. The number of unbranched alkanes of at least 4 members (excludes halogenated alkanes) is 18. The molecule has 0 rings (SSSR count). The lowest BCUT2D eigenvalue weighted by molar-refractivity contribution is -0.870. The number of quaternary nitrogens is 1. The van der Waals surface area contributed by atoms with Gasteiger partial charge in [0.2, 0.25) is 5.91 Å². The number of hydrogen-bond acceptors (Lipinski definition) is 6. The Morgan fingerprint density at radius 2 is 0.853 bits per heavy atom. The minimum Gasteiger partial charge on any atom is -0.456 e. The highest BCUT2D eigenvalue weighted by Gasteiger charge is 2.30. The van der Waals surface area contributed by atoms with E-state index >= 15 is 0 Å². The van der Waals surface area contributed by atoms with Crippen LogP contribution in [0.3, 0.4) is 0 Å². The van der Waals surface area contributed by atoms with Crippen LogP contribution in [-0.4, -0.2) is 74.3 Å². The standard InChI is InChI=1S/C65H111N2O7P/c1-7-10-13-16-19-22-25-28-30-32-33-34-35-36-38-40-43-46-49-52-55-58-65(69)74-63(56-53-50-47-44-41-27-24-21-18-15-12-9-3)62(61-73-75(70,71)72-60-59-67(4,5)6)66-64(68)57-54-51-48-45-42-39-37-31-29-26-23-20-17-14-11-8-2/h10-11,13-14,19-20,22-23,28-31,33-34,36,38,43,46,53,56,62-63H,7-9,12,15-18,21,24-27,32,35,37,39-42,44-45,47-52,54-55,57-61H2,1-6H3,(H-,66,68,70,71)/p+1/b13-10-,14-11+,22-19-,23-20+,30-28-,31-29+,34-33-,38-36-,46-43-,56-53+.